The third-order valence-electron chi connectivity index (χ3n) is 4.94. The Bertz CT molecular complexity index is 1240. The number of nitrogens with zero attached hydrogens (tertiary/aromatic N) is 2. The lowest BCUT2D eigenvalue weighted by molar-refractivity contribution is 0.102. The lowest BCUT2D eigenvalue weighted by atomic mass is 10.1. The Kier molecular flexibility index (Phi) is 5.06. The Labute approximate surface area is 184 Å². The average Bonchev–Trinajstić information content (AvgIpc) is 3.42. The summed E-state index contributed by atoms with van der Waals surface area (Å²) in [7, 11) is 0. The first-order valence-corrected chi connectivity index (χ1v) is 10.1. The molecule has 6 nitrogen and oxygen atoms in total. The number of carbonyl (C=O) groups excluding carboxylic acids is 1. The van der Waals surface area contributed by atoms with Crippen LogP contribution in [0, 0.1) is 0 Å². The second-order valence-corrected chi connectivity index (χ2v) is 7.54. The molecule has 1 aliphatic rings. The maximum absolute atomic E-state index is 13.2. The van der Waals surface area contributed by atoms with E-state index in [9.17, 15) is 4.79 Å². The van der Waals surface area contributed by atoms with Crippen LogP contribution in [0.1, 0.15) is 15.9 Å². The minimum Gasteiger partial charge on any atom is -0.454 e. The van der Waals surface area contributed by atoms with Crippen LogP contribution in [0.15, 0.2) is 79.0 Å². The summed E-state index contributed by atoms with van der Waals surface area (Å²) in [6.07, 6.45) is 1.76. The van der Waals surface area contributed by atoms with Crippen LogP contribution in [0.2, 0.25) is 5.02 Å². The Morgan fingerprint density at radius 1 is 1.00 bits per heavy atom. The fourth-order valence-electron chi connectivity index (χ4n) is 3.43. The molecule has 2 heterocycles. The van der Waals surface area contributed by atoms with Crippen molar-refractivity contribution in [2.45, 2.75) is 6.54 Å². The maximum atomic E-state index is 13.2. The molecule has 1 aliphatic heterocycles. The molecule has 4 aromatic rings. The van der Waals surface area contributed by atoms with Crippen molar-refractivity contribution in [3.05, 3.63) is 95.1 Å². The molecule has 1 N–H and O–H groups in total. The molecule has 0 radical (unpaired) electrons. The number of aromatic nitrogens is 2. The molecule has 7 heteroatoms. The Morgan fingerprint density at radius 3 is 2.58 bits per heavy atom. The van der Waals surface area contributed by atoms with Gasteiger partial charge in [0.2, 0.25) is 6.79 Å². The van der Waals surface area contributed by atoms with Gasteiger partial charge < -0.3 is 14.8 Å². The van der Waals surface area contributed by atoms with Crippen molar-refractivity contribution >= 4 is 23.2 Å². The van der Waals surface area contributed by atoms with Gasteiger partial charge in [-0.2, -0.15) is 5.10 Å². The molecule has 1 amide bonds. The Balaban J connectivity index is 1.47. The van der Waals surface area contributed by atoms with Crippen molar-refractivity contribution in [2.24, 2.45) is 0 Å². The van der Waals surface area contributed by atoms with Crippen molar-refractivity contribution in [1.82, 2.24) is 9.78 Å². The van der Waals surface area contributed by atoms with Crippen molar-refractivity contribution in [3.63, 3.8) is 0 Å². The largest absolute Gasteiger partial charge is 0.454 e. The molecule has 0 aliphatic carbocycles. The van der Waals surface area contributed by atoms with Crippen LogP contribution in [0.4, 0.5) is 5.69 Å². The predicted octanol–water partition coefficient (Wildman–Crippen LogP) is 5.23. The second-order valence-electron chi connectivity index (χ2n) is 7.10. The molecular formula is C24H18ClN3O3. The van der Waals surface area contributed by atoms with Gasteiger partial charge in [-0.1, -0.05) is 54.1 Å². The van der Waals surface area contributed by atoms with Crippen molar-refractivity contribution in [1.29, 1.82) is 0 Å². The third kappa shape index (κ3) is 4.11. The number of hydrogen-bond donors (Lipinski definition) is 1. The fraction of sp³-hybridized carbons (Fsp3) is 0.0833. The highest BCUT2D eigenvalue weighted by atomic mass is 35.5. The van der Waals surface area contributed by atoms with Crippen LogP contribution in [-0.4, -0.2) is 22.5 Å². The summed E-state index contributed by atoms with van der Waals surface area (Å²) < 4.78 is 12.5. The number of amides is 1. The normalized spacial score (nSPS) is 12.0. The van der Waals surface area contributed by atoms with Crippen molar-refractivity contribution in [2.75, 3.05) is 12.1 Å². The molecule has 0 saturated carbocycles. The Hall–Kier alpha value is -3.77. The summed E-state index contributed by atoms with van der Waals surface area (Å²) >= 11 is 6.04. The van der Waals surface area contributed by atoms with Gasteiger partial charge >= 0.3 is 0 Å². The van der Waals surface area contributed by atoms with Crippen molar-refractivity contribution in [3.8, 4) is 22.8 Å². The SMILES string of the molecule is O=C(Nc1ccc2c(c1)OCO2)c1cn(Cc2ccccc2)nc1-c1ccc(Cl)cc1. The van der Waals surface area contributed by atoms with E-state index < -0.39 is 0 Å². The van der Waals surface area contributed by atoms with Crippen LogP contribution >= 0.6 is 11.6 Å². The summed E-state index contributed by atoms with van der Waals surface area (Å²) in [4.78, 5) is 13.2. The van der Waals surface area contributed by atoms with Crippen molar-refractivity contribution < 1.29 is 14.3 Å². The molecule has 1 aromatic heterocycles. The maximum Gasteiger partial charge on any atom is 0.259 e. The van der Waals surface area contributed by atoms with Gasteiger partial charge in [-0.15, -0.1) is 0 Å². The molecule has 0 bridgehead atoms. The summed E-state index contributed by atoms with van der Waals surface area (Å²) in [6, 6.07) is 22.6. The topological polar surface area (TPSA) is 65.4 Å². The average molecular weight is 432 g/mol. The van der Waals surface area contributed by atoms with Gasteiger partial charge in [0.05, 0.1) is 12.1 Å². The number of fused-ring (bicyclic) bond motifs is 1. The van der Waals surface area contributed by atoms with Gasteiger partial charge in [0.25, 0.3) is 5.91 Å². The lowest BCUT2D eigenvalue weighted by Gasteiger charge is -2.06. The Morgan fingerprint density at radius 2 is 1.77 bits per heavy atom. The third-order valence-corrected chi connectivity index (χ3v) is 5.19. The molecule has 0 unspecified atom stereocenters. The molecule has 0 atom stereocenters. The number of halogens is 1. The van der Waals surface area contributed by atoms with E-state index in [1.165, 1.54) is 0 Å². The highest BCUT2D eigenvalue weighted by Crippen LogP contribution is 2.34. The molecule has 0 fully saturated rings. The number of rotatable bonds is 5. The van der Waals surface area contributed by atoms with Crippen LogP contribution in [0.3, 0.4) is 0 Å². The second kappa shape index (κ2) is 8.16. The van der Waals surface area contributed by atoms with E-state index in [1.54, 1.807) is 41.2 Å². The zero-order valence-corrected chi connectivity index (χ0v) is 17.2. The van der Waals surface area contributed by atoms with Gasteiger partial charge in [-0.25, -0.2) is 0 Å². The minimum atomic E-state index is -0.261. The first kappa shape index (κ1) is 19.2. The zero-order valence-electron chi connectivity index (χ0n) is 16.4. The van der Waals surface area contributed by atoms with Gasteiger partial charge in [-0.05, 0) is 29.8 Å². The number of carbonyl (C=O) groups is 1. The molecule has 3 aromatic carbocycles. The number of hydrogen-bond acceptors (Lipinski definition) is 4. The number of nitrogens with one attached hydrogen (secondary N) is 1. The van der Waals surface area contributed by atoms with Crippen LogP contribution in [0.5, 0.6) is 11.5 Å². The zero-order chi connectivity index (χ0) is 21.2. The summed E-state index contributed by atoms with van der Waals surface area (Å²) in [5.41, 5.74) is 3.58. The molecule has 0 saturated heterocycles. The highest BCUT2D eigenvalue weighted by molar-refractivity contribution is 6.30. The fourth-order valence-corrected chi connectivity index (χ4v) is 3.56. The summed E-state index contributed by atoms with van der Waals surface area (Å²) in [5, 5.41) is 8.25. The molecule has 0 spiro atoms. The standard InChI is InChI=1S/C24H18ClN3O3/c25-18-8-6-17(7-9-18)23-20(14-28(27-23)13-16-4-2-1-3-5-16)24(29)26-19-10-11-21-22(12-19)31-15-30-21/h1-12,14H,13,15H2,(H,26,29). The van der Waals surface area contributed by atoms with E-state index in [0.717, 1.165) is 11.1 Å². The van der Waals surface area contributed by atoms with Gasteiger partial charge in [-0.3, -0.25) is 9.48 Å². The van der Waals surface area contributed by atoms with E-state index in [1.807, 2.05) is 42.5 Å². The van der Waals surface area contributed by atoms with Gasteiger partial charge in [0.15, 0.2) is 11.5 Å². The highest BCUT2D eigenvalue weighted by Gasteiger charge is 2.20. The predicted molar refractivity (Wildman–Crippen MR) is 119 cm³/mol. The van der Waals surface area contributed by atoms with E-state index in [0.29, 0.717) is 40.0 Å². The van der Waals surface area contributed by atoms with E-state index in [2.05, 4.69) is 5.32 Å². The quantitative estimate of drug-likeness (QED) is 0.469. The van der Waals surface area contributed by atoms with E-state index in [4.69, 9.17) is 26.2 Å². The summed E-state index contributed by atoms with van der Waals surface area (Å²) in [5.74, 6) is 1.01. The first-order chi connectivity index (χ1) is 15.2. The van der Waals surface area contributed by atoms with E-state index in [-0.39, 0.29) is 12.7 Å². The van der Waals surface area contributed by atoms with E-state index >= 15 is 0 Å². The monoisotopic (exact) mass is 431 g/mol. The summed E-state index contributed by atoms with van der Waals surface area (Å²) in [6.45, 7) is 0.735. The minimum absolute atomic E-state index is 0.180. The molecule has 31 heavy (non-hydrogen) atoms. The number of benzene rings is 3. The van der Waals surface area contributed by atoms with Gasteiger partial charge in [0.1, 0.15) is 5.69 Å². The van der Waals surface area contributed by atoms with Gasteiger partial charge in [0, 0.05) is 28.5 Å². The molecule has 5 rings (SSSR count). The number of anilines is 1. The molecular weight excluding hydrogens is 414 g/mol. The van der Waals surface area contributed by atoms with Crippen LogP contribution in [0.25, 0.3) is 11.3 Å². The van der Waals surface area contributed by atoms with Crippen LogP contribution in [-0.2, 0) is 6.54 Å². The first-order valence-electron chi connectivity index (χ1n) is 9.74. The smallest absolute Gasteiger partial charge is 0.259 e. The number of ether oxygens (including phenoxy) is 2. The molecule has 154 valence electrons. The van der Waals surface area contributed by atoms with Crippen LogP contribution < -0.4 is 14.8 Å². The lowest BCUT2D eigenvalue weighted by Crippen LogP contribution is -2.12.